The summed E-state index contributed by atoms with van der Waals surface area (Å²) in [5.74, 6) is -1.48. The number of carbonyl (C=O) groups is 2. The van der Waals surface area contributed by atoms with E-state index >= 15 is 0 Å². The Bertz CT molecular complexity index is 1080. The molecule has 1 fully saturated rings. The minimum absolute atomic E-state index is 0.0186. The van der Waals surface area contributed by atoms with Crippen molar-refractivity contribution in [3.63, 3.8) is 0 Å². The van der Waals surface area contributed by atoms with Crippen molar-refractivity contribution in [1.82, 2.24) is 4.98 Å². The fraction of sp³-hybridized carbons (Fsp3) is 0.0455. The lowest BCUT2D eigenvalue weighted by atomic mass is 9.95. The number of nitrogens with zero attached hydrogens (tertiary/aromatic N) is 2. The standard InChI is InChI=1S/C22H15ClN2O3/c23-16-11-5-4-10-15(16)19-18(20(26)14-8-2-1-3-9-14)21(27)22(28)25(19)17-12-6-7-13-24-17/h1-13,19,26H. The normalized spacial score (nSPS) is 18.5. The van der Waals surface area contributed by atoms with Gasteiger partial charge >= 0.3 is 5.91 Å². The van der Waals surface area contributed by atoms with Crippen molar-refractivity contribution in [2.24, 2.45) is 0 Å². The number of amides is 1. The average molecular weight is 391 g/mol. The number of carbonyl (C=O) groups excluding carboxylic acids is 2. The van der Waals surface area contributed by atoms with Gasteiger partial charge in [0.1, 0.15) is 11.6 Å². The number of ketones is 1. The average Bonchev–Trinajstić information content (AvgIpc) is 3.00. The van der Waals surface area contributed by atoms with Crippen molar-refractivity contribution in [2.75, 3.05) is 4.90 Å². The monoisotopic (exact) mass is 390 g/mol. The van der Waals surface area contributed by atoms with Gasteiger partial charge in [0.2, 0.25) is 0 Å². The van der Waals surface area contributed by atoms with Crippen molar-refractivity contribution >= 4 is 34.9 Å². The van der Waals surface area contributed by atoms with Crippen molar-refractivity contribution in [3.8, 4) is 0 Å². The van der Waals surface area contributed by atoms with Crippen LogP contribution in [-0.4, -0.2) is 21.8 Å². The van der Waals surface area contributed by atoms with Crippen LogP contribution in [0.1, 0.15) is 17.2 Å². The van der Waals surface area contributed by atoms with Gasteiger partial charge in [-0.2, -0.15) is 0 Å². The molecule has 28 heavy (non-hydrogen) atoms. The van der Waals surface area contributed by atoms with Gasteiger partial charge in [0.15, 0.2) is 0 Å². The van der Waals surface area contributed by atoms with Crippen LogP contribution in [0.5, 0.6) is 0 Å². The van der Waals surface area contributed by atoms with Gasteiger partial charge in [-0.1, -0.05) is 66.2 Å². The number of aromatic nitrogens is 1. The van der Waals surface area contributed by atoms with Crippen molar-refractivity contribution in [2.45, 2.75) is 6.04 Å². The third kappa shape index (κ3) is 2.96. The maximum atomic E-state index is 12.9. The molecule has 0 aliphatic carbocycles. The molecule has 2 aromatic carbocycles. The largest absolute Gasteiger partial charge is 0.507 e. The summed E-state index contributed by atoms with van der Waals surface area (Å²) in [4.78, 5) is 31.3. The number of rotatable bonds is 3. The Balaban J connectivity index is 1.98. The van der Waals surface area contributed by atoms with Crippen molar-refractivity contribution < 1.29 is 14.7 Å². The maximum Gasteiger partial charge on any atom is 0.301 e. The van der Waals surface area contributed by atoms with E-state index in [1.54, 1.807) is 72.8 Å². The number of pyridine rings is 1. The van der Waals surface area contributed by atoms with E-state index in [1.807, 2.05) is 0 Å². The third-order valence-electron chi connectivity index (χ3n) is 4.59. The molecule has 1 N–H and O–H groups in total. The van der Waals surface area contributed by atoms with Crippen LogP contribution in [0.25, 0.3) is 5.76 Å². The summed E-state index contributed by atoms with van der Waals surface area (Å²) in [5.41, 5.74) is 0.958. The molecule has 1 aromatic heterocycles. The molecule has 138 valence electrons. The van der Waals surface area contributed by atoms with Crippen LogP contribution in [0.4, 0.5) is 5.82 Å². The highest BCUT2D eigenvalue weighted by Crippen LogP contribution is 2.43. The summed E-state index contributed by atoms with van der Waals surface area (Å²) < 4.78 is 0. The number of aliphatic hydroxyl groups excluding tert-OH is 1. The number of halogens is 1. The van der Waals surface area contributed by atoms with Crippen LogP contribution in [0, 0.1) is 0 Å². The van der Waals surface area contributed by atoms with Gasteiger partial charge in [0.25, 0.3) is 5.78 Å². The topological polar surface area (TPSA) is 70.5 Å². The lowest BCUT2D eigenvalue weighted by Gasteiger charge is -2.25. The van der Waals surface area contributed by atoms with Crippen LogP contribution in [-0.2, 0) is 9.59 Å². The molecule has 0 spiro atoms. The second-order valence-corrected chi connectivity index (χ2v) is 6.65. The third-order valence-corrected chi connectivity index (χ3v) is 4.93. The van der Waals surface area contributed by atoms with Gasteiger partial charge in [-0.05, 0) is 23.8 Å². The Morgan fingerprint density at radius 2 is 1.61 bits per heavy atom. The van der Waals surface area contributed by atoms with E-state index in [4.69, 9.17) is 11.6 Å². The highest BCUT2D eigenvalue weighted by Gasteiger charge is 2.48. The molecular formula is C22H15ClN2O3. The first kappa shape index (κ1) is 17.9. The van der Waals surface area contributed by atoms with Crippen LogP contribution in [0.3, 0.4) is 0 Å². The zero-order valence-electron chi connectivity index (χ0n) is 14.6. The Morgan fingerprint density at radius 1 is 0.929 bits per heavy atom. The second kappa shape index (κ2) is 7.29. The molecule has 1 aliphatic heterocycles. The minimum atomic E-state index is -0.885. The molecule has 1 saturated heterocycles. The maximum absolute atomic E-state index is 12.9. The van der Waals surface area contributed by atoms with Crippen LogP contribution < -0.4 is 4.90 Å². The zero-order valence-corrected chi connectivity index (χ0v) is 15.4. The van der Waals surface area contributed by atoms with E-state index in [1.165, 1.54) is 11.1 Å². The molecule has 4 rings (SSSR count). The SMILES string of the molecule is O=C1C(=O)N(c2ccccn2)C(c2ccccc2Cl)C1=C(O)c1ccccc1. The highest BCUT2D eigenvalue weighted by molar-refractivity contribution is 6.51. The predicted octanol–water partition coefficient (Wildman–Crippen LogP) is 4.36. The van der Waals surface area contributed by atoms with Gasteiger partial charge in [0, 0.05) is 16.8 Å². The first-order valence-electron chi connectivity index (χ1n) is 8.61. The number of hydrogen-bond donors (Lipinski definition) is 1. The van der Waals surface area contributed by atoms with Crippen LogP contribution in [0.2, 0.25) is 5.02 Å². The van der Waals surface area contributed by atoms with Gasteiger partial charge in [-0.25, -0.2) is 4.98 Å². The molecule has 0 radical (unpaired) electrons. The predicted molar refractivity (Wildman–Crippen MR) is 107 cm³/mol. The first-order valence-corrected chi connectivity index (χ1v) is 8.99. The van der Waals surface area contributed by atoms with E-state index in [2.05, 4.69) is 4.98 Å². The highest BCUT2D eigenvalue weighted by atomic mass is 35.5. The summed E-state index contributed by atoms with van der Waals surface area (Å²) in [7, 11) is 0. The van der Waals surface area contributed by atoms with Gasteiger partial charge in [-0.3, -0.25) is 14.5 Å². The lowest BCUT2D eigenvalue weighted by molar-refractivity contribution is -0.132. The molecular weight excluding hydrogens is 376 g/mol. The minimum Gasteiger partial charge on any atom is -0.507 e. The molecule has 1 aliphatic rings. The molecule has 2 heterocycles. The molecule has 0 saturated carbocycles. The van der Waals surface area contributed by atoms with Crippen molar-refractivity contribution in [1.29, 1.82) is 0 Å². The number of anilines is 1. The summed E-state index contributed by atoms with van der Waals surface area (Å²) in [5, 5.41) is 11.3. The smallest absolute Gasteiger partial charge is 0.301 e. The number of hydrogen-bond acceptors (Lipinski definition) is 4. The summed E-state index contributed by atoms with van der Waals surface area (Å²) in [6.45, 7) is 0. The number of Topliss-reactive ketones (excluding diaryl/α,β-unsaturated/α-hetero) is 1. The van der Waals surface area contributed by atoms with E-state index in [-0.39, 0.29) is 11.3 Å². The molecule has 1 atom stereocenters. The number of benzene rings is 2. The first-order chi connectivity index (χ1) is 13.6. The molecule has 0 bridgehead atoms. The van der Waals surface area contributed by atoms with E-state index in [0.717, 1.165) is 0 Å². The zero-order chi connectivity index (χ0) is 19.7. The molecule has 1 amide bonds. The molecule has 5 nitrogen and oxygen atoms in total. The Morgan fingerprint density at radius 3 is 2.29 bits per heavy atom. The second-order valence-electron chi connectivity index (χ2n) is 6.24. The Hall–Kier alpha value is -3.44. The fourth-order valence-electron chi connectivity index (χ4n) is 3.31. The molecule has 3 aromatic rings. The van der Waals surface area contributed by atoms with E-state index < -0.39 is 17.7 Å². The molecule has 6 heteroatoms. The molecule has 1 unspecified atom stereocenters. The number of aliphatic hydroxyl groups is 1. The quantitative estimate of drug-likeness (QED) is 0.410. The Labute approximate surface area is 166 Å². The summed E-state index contributed by atoms with van der Waals surface area (Å²) >= 11 is 6.39. The summed E-state index contributed by atoms with van der Waals surface area (Å²) in [6, 6.07) is 19.8. The van der Waals surface area contributed by atoms with Crippen LogP contribution >= 0.6 is 11.6 Å². The van der Waals surface area contributed by atoms with Crippen LogP contribution in [0.15, 0.2) is 84.6 Å². The van der Waals surface area contributed by atoms with Gasteiger partial charge < -0.3 is 5.11 Å². The Kier molecular flexibility index (Phi) is 4.67. The lowest BCUT2D eigenvalue weighted by Crippen LogP contribution is -2.30. The van der Waals surface area contributed by atoms with Gasteiger partial charge in [0.05, 0.1) is 11.6 Å². The van der Waals surface area contributed by atoms with Gasteiger partial charge in [-0.15, -0.1) is 0 Å². The van der Waals surface area contributed by atoms with Crippen molar-refractivity contribution in [3.05, 3.63) is 101 Å². The summed E-state index contributed by atoms with van der Waals surface area (Å²) in [6.07, 6.45) is 1.54. The fourth-order valence-corrected chi connectivity index (χ4v) is 3.55. The van der Waals surface area contributed by atoms with E-state index in [0.29, 0.717) is 22.0 Å². The van der Waals surface area contributed by atoms with E-state index in [9.17, 15) is 14.7 Å².